The third kappa shape index (κ3) is 6.73. The Kier molecular flexibility index (Phi) is 9.81. The van der Waals surface area contributed by atoms with E-state index >= 15 is 0 Å². The fourth-order valence-electron chi connectivity index (χ4n) is 2.62. The zero-order chi connectivity index (χ0) is 17.8. The average Bonchev–Trinajstić information content (AvgIpc) is 2.60. The van der Waals surface area contributed by atoms with E-state index in [2.05, 4.69) is 13.8 Å². The molecule has 0 unspecified atom stereocenters. The predicted octanol–water partition coefficient (Wildman–Crippen LogP) is 5.02. The molecule has 0 aliphatic rings. The van der Waals surface area contributed by atoms with Crippen LogP contribution >= 0.6 is 0 Å². The van der Waals surface area contributed by atoms with Gasteiger partial charge in [-0.05, 0) is 37.3 Å². The third-order valence-electron chi connectivity index (χ3n) is 3.94. The normalized spacial score (nSPS) is 10.7. The maximum atomic E-state index is 12.4. The highest BCUT2D eigenvalue weighted by Crippen LogP contribution is 2.17. The van der Waals surface area contributed by atoms with Crippen molar-refractivity contribution in [1.82, 2.24) is 0 Å². The van der Waals surface area contributed by atoms with Crippen LogP contribution in [0.25, 0.3) is 0 Å². The van der Waals surface area contributed by atoms with Gasteiger partial charge in [0.1, 0.15) is 0 Å². The largest absolute Gasteiger partial charge is 0.462 e. The number of ether oxygens (including phenoxy) is 2. The van der Waals surface area contributed by atoms with E-state index < -0.39 is 11.9 Å². The van der Waals surface area contributed by atoms with Crippen LogP contribution in [-0.2, 0) is 9.47 Å². The van der Waals surface area contributed by atoms with E-state index in [1.54, 1.807) is 24.3 Å². The first-order valence-electron chi connectivity index (χ1n) is 9.07. The Morgan fingerprint density at radius 3 is 1.92 bits per heavy atom. The van der Waals surface area contributed by atoms with Crippen LogP contribution in [0.5, 0.6) is 0 Å². The van der Waals surface area contributed by atoms with Gasteiger partial charge in [0.25, 0.3) is 0 Å². The minimum atomic E-state index is -0.463. The molecule has 0 spiro atoms. The summed E-state index contributed by atoms with van der Waals surface area (Å²) < 4.78 is 10.7. The summed E-state index contributed by atoms with van der Waals surface area (Å²) in [7, 11) is 0. The number of unbranched alkanes of at least 4 members (excludes halogenated alkanes) is 1. The van der Waals surface area contributed by atoms with Crippen LogP contribution < -0.4 is 0 Å². The Balaban J connectivity index is 2.71. The Bertz CT molecular complexity index is 504. The Morgan fingerprint density at radius 1 is 0.875 bits per heavy atom. The topological polar surface area (TPSA) is 52.6 Å². The zero-order valence-corrected chi connectivity index (χ0v) is 15.2. The lowest BCUT2D eigenvalue weighted by atomic mass is 9.99. The number of esters is 2. The summed E-state index contributed by atoms with van der Waals surface area (Å²) in [4.78, 5) is 24.5. The molecule has 1 rings (SSSR count). The molecule has 0 atom stereocenters. The van der Waals surface area contributed by atoms with Crippen molar-refractivity contribution < 1.29 is 19.1 Å². The summed E-state index contributed by atoms with van der Waals surface area (Å²) in [5, 5.41) is 0. The van der Waals surface area contributed by atoms with Crippen molar-refractivity contribution in [3.8, 4) is 0 Å². The molecule has 4 heteroatoms. The molecular weight excluding hydrogens is 304 g/mol. The summed E-state index contributed by atoms with van der Waals surface area (Å²) in [6, 6.07) is 6.69. The van der Waals surface area contributed by atoms with Crippen molar-refractivity contribution in [3.63, 3.8) is 0 Å². The molecule has 1 aromatic carbocycles. The molecule has 134 valence electrons. The molecule has 0 radical (unpaired) electrons. The molecule has 0 heterocycles. The first-order chi connectivity index (χ1) is 11.6. The molecule has 0 fully saturated rings. The summed E-state index contributed by atoms with van der Waals surface area (Å²) in [6.07, 6.45) is 6.00. The van der Waals surface area contributed by atoms with Gasteiger partial charge >= 0.3 is 11.9 Å². The summed E-state index contributed by atoms with van der Waals surface area (Å²) in [5.74, 6) is -0.530. The van der Waals surface area contributed by atoms with E-state index in [1.165, 1.54) is 0 Å². The molecule has 0 aliphatic carbocycles. The van der Waals surface area contributed by atoms with Crippen molar-refractivity contribution in [2.45, 2.75) is 59.3 Å². The summed E-state index contributed by atoms with van der Waals surface area (Å²) >= 11 is 0. The number of carbonyl (C=O) groups is 2. The van der Waals surface area contributed by atoms with E-state index in [1.807, 2.05) is 6.92 Å². The highest BCUT2D eigenvalue weighted by Gasteiger charge is 2.20. The van der Waals surface area contributed by atoms with Gasteiger partial charge < -0.3 is 9.47 Å². The predicted molar refractivity (Wildman–Crippen MR) is 95.2 cm³/mol. The summed E-state index contributed by atoms with van der Waals surface area (Å²) in [6.45, 7) is 7.06. The Hall–Kier alpha value is -1.84. The van der Waals surface area contributed by atoms with Crippen LogP contribution in [0, 0.1) is 5.92 Å². The van der Waals surface area contributed by atoms with Crippen molar-refractivity contribution in [3.05, 3.63) is 35.4 Å². The van der Waals surface area contributed by atoms with E-state index in [0.717, 1.165) is 38.5 Å². The molecule has 0 N–H and O–H groups in total. The van der Waals surface area contributed by atoms with Gasteiger partial charge in [0, 0.05) is 0 Å². The van der Waals surface area contributed by atoms with Gasteiger partial charge in [0.05, 0.1) is 24.3 Å². The molecule has 24 heavy (non-hydrogen) atoms. The molecule has 0 saturated carbocycles. The van der Waals surface area contributed by atoms with Gasteiger partial charge in [0.15, 0.2) is 0 Å². The minimum Gasteiger partial charge on any atom is -0.462 e. The molecule has 0 saturated heterocycles. The van der Waals surface area contributed by atoms with Gasteiger partial charge in [-0.2, -0.15) is 0 Å². The van der Waals surface area contributed by atoms with Crippen LogP contribution in [0.1, 0.15) is 80.0 Å². The SMILES string of the molecule is CCCCOC(=O)c1ccccc1C(=O)OCC(CCC)CCC. The molecular formula is C20H30O4. The number of hydrogen-bond acceptors (Lipinski definition) is 4. The van der Waals surface area contributed by atoms with Crippen LogP contribution in [-0.4, -0.2) is 25.2 Å². The minimum absolute atomic E-state index is 0.279. The van der Waals surface area contributed by atoms with Gasteiger partial charge in [-0.1, -0.05) is 52.2 Å². The van der Waals surface area contributed by atoms with E-state index in [-0.39, 0.29) is 11.1 Å². The second-order valence-electron chi connectivity index (χ2n) is 6.08. The fourth-order valence-corrected chi connectivity index (χ4v) is 2.62. The number of carbonyl (C=O) groups excluding carboxylic acids is 2. The van der Waals surface area contributed by atoms with Crippen LogP contribution in [0.4, 0.5) is 0 Å². The molecule has 0 aliphatic heterocycles. The Labute approximate surface area is 145 Å². The maximum Gasteiger partial charge on any atom is 0.339 e. The lowest BCUT2D eigenvalue weighted by Crippen LogP contribution is -2.18. The molecule has 0 amide bonds. The van der Waals surface area contributed by atoms with Gasteiger partial charge in [-0.15, -0.1) is 0 Å². The van der Waals surface area contributed by atoms with Crippen molar-refractivity contribution >= 4 is 11.9 Å². The van der Waals surface area contributed by atoms with E-state index in [4.69, 9.17) is 9.47 Å². The highest BCUT2D eigenvalue weighted by atomic mass is 16.5. The molecule has 0 aromatic heterocycles. The number of hydrogen-bond donors (Lipinski definition) is 0. The van der Waals surface area contributed by atoms with Crippen LogP contribution in [0.15, 0.2) is 24.3 Å². The maximum absolute atomic E-state index is 12.4. The first-order valence-corrected chi connectivity index (χ1v) is 9.07. The second-order valence-corrected chi connectivity index (χ2v) is 6.08. The van der Waals surface area contributed by atoms with E-state index in [0.29, 0.717) is 19.1 Å². The average molecular weight is 334 g/mol. The van der Waals surface area contributed by atoms with Gasteiger partial charge in [0.2, 0.25) is 0 Å². The van der Waals surface area contributed by atoms with Crippen LogP contribution in [0.3, 0.4) is 0 Å². The first kappa shape index (κ1) is 20.2. The standard InChI is InChI=1S/C20H30O4/c1-4-7-14-23-19(21)17-12-8-9-13-18(17)20(22)24-15-16(10-5-2)11-6-3/h8-9,12-13,16H,4-7,10-11,14-15H2,1-3H3. The highest BCUT2D eigenvalue weighted by molar-refractivity contribution is 6.03. The zero-order valence-electron chi connectivity index (χ0n) is 15.2. The fraction of sp³-hybridized carbons (Fsp3) is 0.600. The quantitative estimate of drug-likeness (QED) is 0.421. The molecule has 4 nitrogen and oxygen atoms in total. The summed E-state index contributed by atoms with van der Waals surface area (Å²) in [5.41, 5.74) is 0.562. The van der Waals surface area contributed by atoms with Crippen molar-refractivity contribution in [2.75, 3.05) is 13.2 Å². The molecule has 1 aromatic rings. The number of rotatable bonds is 11. The van der Waals surface area contributed by atoms with Crippen LogP contribution in [0.2, 0.25) is 0 Å². The second kappa shape index (κ2) is 11.7. The van der Waals surface area contributed by atoms with Gasteiger partial charge in [-0.3, -0.25) is 0 Å². The van der Waals surface area contributed by atoms with E-state index in [9.17, 15) is 9.59 Å². The lowest BCUT2D eigenvalue weighted by Gasteiger charge is -2.16. The Morgan fingerprint density at radius 2 is 1.42 bits per heavy atom. The molecule has 0 bridgehead atoms. The smallest absolute Gasteiger partial charge is 0.339 e. The van der Waals surface area contributed by atoms with Crippen molar-refractivity contribution in [1.29, 1.82) is 0 Å². The lowest BCUT2D eigenvalue weighted by molar-refractivity contribution is 0.0402. The monoisotopic (exact) mass is 334 g/mol. The third-order valence-corrected chi connectivity index (χ3v) is 3.94. The van der Waals surface area contributed by atoms with Gasteiger partial charge in [-0.25, -0.2) is 9.59 Å². The van der Waals surface area contributed by atoms with Crippen molar-refractivity contribution in [2.24, 2.45) is 5.92 Å². The number of benzene rings is 1.